The van der Waals surface area contributed by atoms with Crippen LogP contribution in [-0.4, -0.2) is 50.0 Å². The van der Waals surface area contributed by atoms with E-state index in [0.29, 0.717) is 13.0 Å². The average molecular weight is 391 g/mol. The minimum absolute atomic E-state index is 0.0569. The molecule has 4 rings (SSSR count). The summed E-state index contributed by atoms with van der Waals surface area (Å²) in [6.07, 6.45) is 9.57. The van der Waals surface area contributed by atoms with Crippen LogP contribution >= 0.6 is 0 Å². The van der Waals surface area contributed by atoms with E-state index < -0.39 is 0 Å². The molecule has 29 heavy (non-hydrogen) atoms. The van der Waals surface area contributed by atoms with Crippen LogP contribution < -0.4 is 5.32 Å². The minimum atomic E-state index is 0.0569. The third kappa shape index (κ3) is 4.23. The van der Waals surface area contributed by atoms with Crippen molar-refractivity contribution in [2.24, 2.45) is 0 Å². The zero-order valence-corrected chi connectivity index (χ0v) is 16.4. The Bertz CT molecular complexity index is 1030. The zero-order valence-electron chi connectivity index (χ0n) is 16.4. The zero-order chi connectivity index (χ0) is 20.2. The van der Waals surface area contributed by atoms with Crippen LogP contribution in [0.25, 0.3) is 11.0 Å². The van der Waals surface area contributed by atoms with Crippen molar-refractivity contribution >= 4 is 22.8 Å². The molecule has 1 saturated heterocycles. The lowest BCUT2D eigenvalue weighted by molar-refractivity contribution is -0.127. The van der Waals surface area contributed by atoms with Crippen molar-refractivity contribution in [3.8, 4) is 5.75 Å². The van der Waals surface area contributed by atoms with Gasteiger partial charge < -0.3 is 20.3 Å². The lowest BCUT2D eigenvalue weighted by Crippen LogP contribution is -2.44. The van der Waals surface area contributed by atoms with Gasteiger partial charge in [-0.15, -0.1) is 0 Å². The van der Waals surface area contributed by atoms with Crippen molar-refractivity contribution < 1.29 is 9.90 Å². The van der Waals surface area contributed by atoms with E-state index in [1.165, 1.54) is 0 Å². The summed E-state index contributed by atoms with van der Waals surface area (Å²) in [6, 6.07) is 7.36. The number of anilines is 1. The second kappa shape index (κ2) is 8.34. The number of amides is 1. The Morgan fingerprint density at radius 2 is 2.17 bits per heavy atom. The number of phenolic OH excluding ortho intramolecular Hbond substituents is 1. The molecule has 0 spiro atoms. The molecule has 1 amide bonds. The number of fused-ring (bicyclic) bond motifs is 1. The first-order valence-electron chi connectivity index (χ1n) is 9.91. The number of H-pyrrole nitrogens is 1. The normalized spacial score (nSPS) is 17.1. The lowest BCUT2D eigenvalue weighted by atomic mass is 10.0. The maximum atomic E-state index is 12.2. The van der Waals surface area contributed by atoms with Gasteiger partial charge in [0.15, 0.2) is 0 Å². The smallest absolute Gasteiger partial charge is 0.246 e. The van der Waals surface area contributed by atoms with Gasteiger partial charge in [0.25, 0.3) is 0 Å². The number of carbonyl (C=O) groups is 1. The molecule has 1 aliphatic heterocycles. The second-order valence-electron chi connectivity index (χ2n) is 7.37. The van der Waals surface area contributed by atoms with Gasteiger partial charge in [-0.1, -0.05) is 18.2 Å². The summed E-state index contributed by atoms with van der Waals surface area (Å²) in [5.41, 5.74) is 2.97. The predicted molar refractivity (Wildman–Crippen MR) is 113 cm³/mol. The Morgan fingerprint density at radius 1 is 1.34 bits per heavy atom. The first kappa shape index (κ1) is 19.0. The highest BCUT2D eigenvalue weighted by molar-refractivity contribution is 5.91. The van der Waals surface area contributed by atoms with Crippen LogP contribution in [0, 0.1) is 0 Å². The number of nitrogens with one attached hydrogen (secondary N) is 2. The molecule has 0 saturated carbocycles. The summed E-state index contributed by atoms with van der Waals surface area (Å²) < 4.78 is 0. The number of hydrogen-bond donors (Lipinski definition) is 3. The third-order valence-electron chi connectivity index (χ3n) is 5.27. The molecular weight excluding hydrogens is 366 g/mol. The molecule has 1 fully saturated rings. The van der Waals surface area contributed by atoms with Gasteiger partial charge in [-0.2, -0.15) is 0 Å². The monoisotopic (exact) mass is 391 g/mol. The number of aromatic amines is 1. The number of rotatable bonds is 5. The molecule has 1 unspecified atom stereocenters. The van der Waals surface area contributed by atoms with Crippen molar-refractivity contribution in [3.63, 3.8) is 0 Å². The number of piperidine rings is 1. The van der Waals surface area contributed by atoms with Crippen LogP contribution in [0.5, 0.6) is 5.75 Å². The lowest BCUT2D eigenvalue weighted by Gasteiger charge is -2.33. The molecule has 0 bridgehead atoms. The number of aromatic hydroxyl groups is 1. The number of aromatic nitrogens is 3. The van der Waals surface area contributed by atoms with E-state index in [1.807, 2.05) is 30.2 Å². The standard InChI is InChI=1S/C22H25N5O2/c1-2-4-19(29)27-10-3-5-17(13-27)26-22-20-16(12-23-21(20)24-14-25-22)11-15-6-8-18(28)9-7-15/h2,4,6-9,12,14,17,28H,3,5,10-11,13H2,1H3,(H2,23,24,25,26). The van der Waals surface area contributed by atoms with E-state index in [0.717, 1.165) is 47.4 Å². The van der Waals surface area contributed by atoms with Gasteiger partial charge >= 0.3 is 0 Å². The summed E-state index contributed by atoms with van der Waals surface area (Å²) in [7, 11) is 0. The highest BCUT2D eigenvalue weighted by atomic mass is 16.3. The Morgan fingerprint density at radius 3 is 2.97 bits per heavy atom. The van der Waals surface area contributed by atoms with Gasteiger partial charge in [-0.25, -0.2) is 9.97 Å². The number of hydrogen-bond acceptors (Lipinski definition) is 5. The molecule has 3 heterocycles. The third-order valence-corrected chi connectivity index (χ3v) is 5.27. The molecule has 1 aromatic carbocycles. The minimum Gasteiger partial charge on any atom is -0.508 e. The molecule has 0 aliphatic carbocycles. The Balaban J connectivity index is 1.56. The largest absolute Gasteiger partial charge is 0.508 e. The molecule has 3 aromatic rings. The van der Waals surface area contributed by atoms with Crippen molar-refractivity contribution in [1.82, 2.24) is 19.9 Å². The van der Waals surface area contributed by atoms with E-state index in [4.69, 9.17) is 0 Å². The van der Waals surface area contributed by atoms with Crippen LogP contribution in [0.2, 0.25) is 0 Å². The van der Waals surface area contributed by atoms with E-state index >= 15 is 0 Å². The van der Waals surface area contributed by atoms with Gasteiger partial charge in [0.05, 0.1) is 5.39 Å². The van der Waals surface area contributed by atoms with Gasteiger partial charge in [0, 0.05) is 25.3 Å². The summed E-state index contributed by atoms with van der Waals surface area (Å²) in [5, 5.41) is 14.0. The number of benzene rings is 1. The van der Waals surface area contributed by atoms with Crippen molar-refractivity contribution in [1.29, 1.82) is 0 Å². The SMILES string of the molecule is CC=CC(=O)N1CCCC(Nc2ncnc3[nH]cc(Cc4ccc(O)cc4)c23)C1. The van der Waals surface area contributed by atoms with Gasteiger partial charge in [-0.05, 0) is 55.5 Å². The number of carbonyl (C=O) groups excluding carboxylic acids is 1. The van der Waals surface area contributed by atoms with Crippen molar-refractivity contribution in [2.75, 3.05) is 18.4 Å². The number of allylic oxidation sites excluding steroid dienone is 1. The molecule has 1 atom stereocenters. The molecule has 1 aliphatic rings. The fourth-order valence-electron chi connectivity index (χ4n) is 3.85. The van der Waals surface area contributed by atoms with Crippen molar-refractivity contribution in [3.05, 3.63) is 60.1 Å². The molecular formula is C22H25N5O2. The van der Waals surface area contributed by atoms with Crippen molar-refractivity contribution in [2.45, 2.75) is 32.2 Å². The van der Waals surface area contributed by atoms with E-state index in [2.05, 4.69) is 20.3 Å². The topological polar surface area (TPSA) is 94.1 Å². The summed E-state index contributed by atoms with van der Waals surface area (Å²) in [5.74, 6) is 1.10. The van der Waals surface area contributed by atoms with Crippen LogP contribution in [0.3, 0.4) is 0 Å². The molecule has 3 N–H and O–H groups in total. The van der Waals surface area contributed by atoms with Gasteiger partial charge in [0.2, 0.25) is 5.91 Å². The van der Waals surface area contributed by atoms with Crippen LogP contribution in [-0.2, 0) is 11.2 Å². The number of nitrogens with zero attached hydrogens (tertiary/aromatic N) is 3. The fraction of sp³-hybridized carbons (Fsp3) is 0.318. The van der Waals surface area contributed by atoms with E-state index in [9.17, 15) is 9.90 Å². The molecule has 7 heteroatoms. The molecule has 150 valence electrons. The number of phenols is 1. The van der Waals surface area contributed by atoms with Gasteiger partial charge in [-0.3, -0.25) is 4.79 Å². The van der Waals surface area contributed by atoms with Crippen LogP contribution in [0.4, 0.5) is 5.82 Å². The Labute approximate surface area is 169 Å². The predicted octanol–water partition coefficient (Wildman–Crippen LogP) is 3.23. The summed E-state index contributed by atoms with van der Waals surface area (Å²) in [4.78, 5) is 26.2. The second-order valence-corrected chi connectivity index (χ2v) is 7.37. The molecule has 0 radical (unpaired) electrons. The number of likely N-dealkylation sites (tertiary alicyclic amines) is 1. The first-order valence-corrected chi connectivity index (χ1v) is 9.91. The van der Waals surface area contributed by atoms with E-state index in [-0.39, 0.29) is 17.7 Å². The maximum absolute atomic E-state index is 12.2. The quantitative estimate of drug-likeness (QED) is 0.581. The molecule has 2 aromatic heterocycles. The fourth-order valence-corrected chi connectivity index (χ4v) is 3.85. The van der Waals surface area contributed by atoms with Gasteiger partial charge in [0.1, 0.15) is 23.5 Å². The maximum Gasteiger partial charge on any atom is 0.246 e. The summed E-state index contributed by atoms with van der Waals surface area (Å²) in [6.45, 7) is 3.31. The average Bonchev–Trinajstić information content (AvgIpc) is 3.14. The van der Waals surface area contributed by atoms with Crippen LogP contribution in [0.1, 0.15) is 30.9 Å². The molecule has 7 nitrogen and oxygen atoms in total. The Kier molecular flexibility index (Phi) is 5.46. The highest BCUT2D eigenvalue weighted by Gasteiger charge is 2.23. The van der Waals surface area contributed by atoms with E-state index in [1.54, 1.807) is 30.6 Å². The van der Waals surface area contributed by atoms with Crippen LogP contribution in [0.15, 0.2) is 48.9 Å². The highest BCUT2D eigenvalue weighted by Crippen LogP contribution is 2.27. The summed E-state index contributed by atoms with van der Waals surface area (Å²) >= 11 is 0. The Hall–Kier alpha value is -3.35. The first-order chi connectivity index (χ1) is 14.1.